The number of hydrogen-bond acceptors (Lipinski definition) is 0. The van der Waals surface area contributed by atoms with Crippen LogP contribution in [0.25, 0.3) is 0 Å². The number of hydrogen-bond donors (Lipinski definition) is 0. The van der Waals surface area contributed by atoms with Crippen molar-refractivity contribution in [2.75, 3.05) is 26.2 Å². The van der Waals surface area contributed by atoms with Crippen LogP contribution >= 0.6 is 0 Å². The summed E-state index contributed by atoms with van der Waals surface area (Å²) in [6.07, 6.45) is 43.7. The molecule has 0 spiro atoms. The maximum absolute atomic E-state index is 2.35. The average molecular weight is 587 g/mol. The molecule has 0 aromatic rings. The third kappa shape index (κ3) is 29.7. The predicted octanol–water partition coefficient (Wildman–Crippen LogP) is 10.6. The maximum Gasteiger partial charge on any atom is 0.0786 e. The molecule has 0 saturated carbocycles. The zero-order valence-corrected chi connectivity index (χ0v) is 29.6. The first kappa shape index (κ1) is 42.4. The van der Waals surface area contributed by atoms with E-state index < -0.39 is 0 Å². The van der Waals surface area contributed by atoms with Gasteiger partial charge in [-0.2, -0.15) is 0 Å². The van der Waals surface area contributed by atoms with Crippen LogP contribution in [0.15, 0.2) is 0 Å². The first-order valence-corrected chi connectivity index (χ1v) is 19.1. The Kier molecular flexibility index (Phi) is 37.6. The van der Waals surface area contributed by atoms with Crippen LogP contribution in [0.1, 0.15) is 220 Å². The summed E-state index contributed by atoms with van der Waals surface area (Å²) in [7, 11) is 0. The average Bonchev–Trinajstić information content (AvgIpc) is 2.95. The van der Waals surface area contributed by atoms with Gasteiger partial charge in [-0.25, -0.2) is 0 Å². The lowest BCUT2D eigenvalue weighted by Crippen LogP contribution is -3.00. The first-order chi connectivity index (χ1) is 19.2. The summed E-state index contributed by atoms with van der Waals surface area (Å²) in [4.78, 5) is 0. The van der Waals surface area contributed by atoms with Crippen LogP contribution in [-0.4, -0.2) is 30.7 Å². The minimum atomic E-state index is 0. The molecule has 0 heterocycles. The van der Waals surface area contributed by atoms with Gasteiger partial charge < -0.3 is 16.9 Å². The second-order valence-electron chi connectivity index (χ2n) is 13.4. The molecule has 0 amide bonds. The Morgan fingerprint density at radius 1 is 0.225 bits per heavy atom. The van der Waals surface area contributed by atoms with Crippen molar-refractivity contribution < 1.29 is 16.9 Å². The van der Waals surface area contributed by atoms with Crippen LogP contribution in [-0.2, 0) is 0 Å². The summed E-state index contributed by atoms with van der Waals surface area (Å²) >= 11 is 0. The number of quaternary nitrogens is 1. The van der Waals surface area contributed by atoms with Crippen molar-refractivity contribution >= 4 is 0 Å². The molecule has 0 aliphatic carbocycles. The first-order valence-electron chi connectivity index (χ1n) is 19.1. The lowest BCUT2D eigenvalue weighted by molar-refractivity contribution is -0.929. The second kappa shape index (κ2) is 35.4. The van der Waals surface area contributed by atoms with Crippen molar-refractivity contribution in [2.24, 2.45) is 0 Å². The molecule has 0 saturated heterocycles. The Balaban J connectivity index is 0. The highest BCUT2D eigenvalue weighted by molar-refractivity contribution is 4.55. The van der Waals surface area contributed by atoms with Gasteiger partial charge in [-0.15, -0.1) is 0 Å². The molecule has 0 aliphatic heterocycles. The van der Waals surface area contributed by atoms with Gasteiger partial charge in [-0.3, -0.25) is 0 Å². The molecule has 244 valence electrons. The van der Waals surface area contributed by atoms with Gasteiger partial charge in [0, 0.05) is 0 Å². The Morgan fingerprint density at radius 3 is 0.550 bits per heavy atom. The monoisotopic (exact) mass is 586 g/mol. The summed E-state index contributed by atoms with van der Waals surface area (Å²) in [6.45, 7) is 15.3. The molecular formula is C38H80ClN. The normalized spacial score (nSPS) is 11.7. The second-order valence-corrected chi connectivity index (χ2v) is 13.4. The number of halogens is 1. The van der Waals surface area contributed by atoms with E-state index in [0.717, 1.165) is 0 Å². The molecule has 0 radical (unpaired) electrons. The van der Waals surface area contributed by atoms with E-state index in [-0.39, 0.29) is 12.4 Å². The molecule has 40 heavy (non-hydrogen) atoms. The smallest absolute Gasteiger partial charge is 0.0786 e. The van der Waals surface area contributed by atoms with Crippen molar-refractivity contribution in [1.82, 2.24) is 0 Å². The molecule has 0 fully saturated rings. The van der Waals surface area contributed by atoms with Crippen LogP contribution in [0.3, 0.4) is 0 Å². The summed E-state index contributed by atoms with van der Waals surface area (Å²) < 4.78 is 1.48. The van der Waals surface area contributed by atoms with E-state index in [0.29, 0.717) is 0 Å². The zero-order valence-electron chi connectivity index (χ0n) is 28.9. The van der Waals surface area contributed by atoms with E-state index in [1.165, 1.54) is 223 Å². The van der Waals surface area contributed by atoms with Crippen LogP contribution < -0.4 is 12.4 Å². The van der Waals surface area contributed by atoms with Gasteiger partial charge >= 0.3 is 0 Å². The van der Waals surface area contributed by atoms with Gasteiger partial charge in [0.05, 0.1) is 26.2 Å². The highest BCUT2D eigenvalue weighted by Gasteiger charge is 2.25. The van der Waals surface area contributed by atoms with Crippen LogP contribution in [0.4, 0.5) is 0 Å². The van der Waals surface area contributed by atoms with E-state index in [1.54, 1.807) is 0 Å². The molecule has 0 bridgehead atoms. The molecule has 0 N–H and O–H groups in total. The van der Waals surface area contributed by atoms with E-state index in [4.69, 9.17) is 0 Å². The van der Waals surface area contributed by atoms with Gasteiger partial charge in [0.2, 0.25) is 0 Å². The third-order valence-electron chi connectivity index (χ3n) is 9.44. The van der Waals surface area contributed by atoms with Gasteiger partial charge in [-0.1, -0.05) is 169 Å². The lowest BCUT2D eigenvalue weighted by Gasteiger charge is -2.40. The van der Waals surface area contributed by atoms with E-state index in [2.05, 4.69) is 27.7 Å². The van der Waals surface area contributed by atoms with Crippen molar-refractivity contribution in [1.29, 1.82) is 0 Å². The molecule has 2 heteroatoms. The van der Waals surface area contributed by atoms with Gasteiger partial charge in [0.25, 0.3) is 0 Å². The van der Waals surface area contributed by atoms with Crippen LogP contribution in [0, 0.1) is 0 Å². The lowest BCUT2D eigenvalue weighted by atomic mass is 10.0. The van der Waals surface area contributed by atoms with Crippen molar-refractivity contribution in [3.05, 3.63) is 0 Å². The molecule has 0 aliphatic rings. The quantitative estimate of drug-likeness (QED) is 0.0520. The summed E-state index contributed by atoms with van der Waals surface area (Å²) in [5.74, 6) is 0. The predicted molar refractivity (Wildman–Crippen MR) is 181 cm³/mol. The number of unbranched alkanes of at least 4 members (excludes halogenated alkanes) is 26. The molecule has 0 aromatic carbocycles. The molecule has 0 unspecified atom stereocenters. The van der Waals surface area contributed by atoms with Crippen molar-refractivity contribution in [2.45, 2.75) is 220 Å². The van der Waals surface area contributed by atoms with Crippen LogP contribution in [0.5, 0.6) is 0 Å². The van der Waals surface area contributed by atoms with Gasteiger partial charge in [0.15, 0.2) is 0 Å². The number of nitrogens with zero attached hydrogens (tertiary/aromatic N) is 1. The van der Waals surface area contributed by atoms with E-state index in [1.807, 2.05) is 0 Å². The highest BCUT2D eigenvalue weighted by atomic mass is 35.5. The Bertz CT molecular complexity index is 387. The molecule has 0 rings (SSSR count). The summed E-state index contributed by atoms with van der Waals surface area (Å²) in [6, 6.07) is 0. The summed E-state index contributed by atoms with van der Waals surface area (Å²) in [5, 5.41) is 0. The Morgan fingerprint density at radius 2 is 0.375 bits per heavy atom. The Labute approximate surface area is 262 Å². The zero-order chi connectivity index (χ0) is 28.5. The van der Waals surface area contributed by atoms with Crippen LogP contribution in [0.2, 0.25) is 0 Å². The molecule has 0 aromatic heterocycles. The van der Waals surface area contributed by atoms with Crippen molar-refractivity contribution in [3.63, 3.8) is 0 Å². The fourth-order valence-corrected chi connectivity index (χ4v) is 6.64. The van der Waals surface area contributed by atoms with Gasteiger partial charge in [0.1, 0.15) is 0 Å². The van der Waals surface area contributed by atoms with E-state index in [9.17, 15) is 0 Å². The third-order valence-corrected chi connectivity index (χ3v) is 9.44. The Hall–Kier alpha value is 0.250. The maximum atomic E-state index is 2.35. The van der Waals surface area contributed by atoms with Gasteiger partial charge in [-0.05, 0) is 51.4 Å². The minimum Gasteiger partial charge on any atom is -1.00 e. The SMILES string of the molecule is CCCCCCCCCC[N+](CCCCCCCC)(CCCCCCCCCC)CCCCCCCCCC.[Cl-]. The molecule has 0 atom stereocenters. The highest BCUT2D eigenvalue weighted by Crippen LogP contribution is 2.21. The fourth-order valence-electron chi connectivity index (χ4n) is 6.64. The topological polar surface area (TPSA) is 0 Å². The molecule has 1 nitrogen and oxygen atoms in total. The fraction of sp³-hybridized carbons (Fsp3) is 1.00. The van der Waals surface area contributed by atoms with E-state index >= 15 is 0 Å². The number of rotatable bonds is 34. The standard InChI is InChI=1S/C38H80N.ClH/c1-5-9-13-17-21-24-28-32-36-39(35-31-27-20-16-12-8-4,37-33-29-25-22-18-14-10-6-2)38-34-30-26-23-19-15-11-7-3;/h5-38H2,1-4H3;1H/q+1;/p-1. The molecular weight excluding hydrogens is 506 g/mol. The minimum absolute atomic E-state index is 0. The van der Waals surface area contributed by atoms with Crippen molar-refractivity contribution in [3.8, 4) is 0 Å². The summed E-state index contributed by atoms with van der Waals surface area (Å²) in [5.41, 5.74) is 0. The largest absolute Gasteiger partial charge is 1.00 e.